The smallest absolute Gasteiger partial charge is 0.0761 e. The summed E-state index contributed by atoms with van der Waals surface area (Å²) in [5.74, 6) is 0.410. The highest BCUT2D eigenvalue weighted by molar-refractivity contribution is 8.00. The summed E-state index contributed by atoms with van der Waals surface area (Å²) >= 11 is 1.81. The van der Waals surface area contributed by atoms with Gasteiger partial charge in [-0.25, -0.2) is 0 Å². The Morgan fingerprint density at radius 2 is 1.84 bits per heavy atom. The summed E-state index contributed by atoms with van der Waals surface area (Å²) in [6, 6.07) is 7.92. The van der Waals surface area contributed by atoms with Gasteiger partial charge >= 0.3 is 0 Å². The monoisotopic (exact) mass is 301 g/mol. The molecule has 0 aromatic heterocycles. The van der Waals surface area contributed by atoms with Crippen LogP contribution in [0.25, 0.3) is 0 Å². The quantitative estimate of drug-likeness (QED) is 0.832. The number of aliphatic hydroxyl groups excluding tert-OH is 1. The van der Waals surface area contributed by atoms with Gasteiger partial charge in [-0.2, -0.15) is 0 Å². The molecule has 0 aliphatic heterocycles. The lowest BCUT2D eigenvalue weighted by Crippen LogP contribution is -2.28. The Kier molecular flexibility index (Phi) is 5.75. The van der Waals surface area contributed by atoms with Crippen molar-refractivity contribution in [2.45, 2.75) is 55.4 Å². The molecule has 0 bridgehead atoms. The van der Waals surface area contributed by atoms with E-state index in [-0.39, 0.29) is 23.2 Å². The van der Waals surface area contributed by atoms with Gasteiger partial charge in [-0.15, -0.1) is 24.2 Å². The fraction of sp³-hybridized carbons (Fsp3) is 0.600. The van der Waals surface area contributed by atoms with Gasteiger partial charge in [-0.3, -0.25) is 0 Å². The molecule has 0 amide bonds. The highest BCUT2D eigenvalue weighted by Gasteiger charge is 2.35. The Bertz CT molecular complexity index is 415. The second-order valence-corrected chi connectivity index (χ2v) is 7.97. The largest absolute Gasteiger partial charge is 0.391 e. The minimum absolute atomic E-state index is 0. The molecule has 4 heteroatoms. The van der Waals surface area contributed by atoms with Crippen LogP contribution in [-0.4, -0.2) is 16.0 Å². The lowest BCUT2D eigenvalue weighted by Gasteiger charge is -2.25. The number of hydrogen-bond acceptors (Lipinski definition) is 3. The van der Waals surface area contributed by atoms with E-state index >= 15 is 0 Å². The van der Waals surface area contributed by atoms with Gasteiger partial charge in [0.25, 0.3) is 0 Å². The SMILES string of the molecule is CC(C)(C)Sc1ccccc1[C@@H](N)[C@@H](O)C1CC1.Cl. The predicted octanol–water partition coefficient (Wildman–Crippen LogP) is 3.77. The zero-order chi connectivity index (χ0) is 13.3. The van der Waals surface area contributed by atoms with E-state index in [1.807, 2.05) is 30.0 Å². The molecule has 19 heavy (non-hydrogen) atoms. The maximum absolute atomic E-state index is 10.2. The molecule has 0 unspecified atom stereocenters. The third-order valence-corrected chi connectivity index (χ3v) is 4.37. The third-order valence-electron chi connectivity index (χ3n) is 3.17. The molecule has 1 aromatic rings. The lowest BCUT2D eigenvalue weighted by molar-refractivity contribution is 0.121. The van der Waals surface area contributed by atoms with E-state index in [1.165, 1.54) is 4.90 Å². The van der Waals surface area contributed by atoms with Crippen LogP contribution in [-0.2, 0) is 0 Å². The Morgan fingerprint density at radius 3 is 2.37 bits per heavy atom. The second kappa shape index (κ2) is 6.49. The zero-order valence-electron chi connectivity index (χ0n) is 11.8. The average molecular weight is 302 g/mol. The molecule has 1 aliphatic rings. The summed E-state index contributed by atoms with van der Waals surface area (Å²) < 4.78 is 0.153. The van der Waals surface area contributed by atoms with Crippen LogP contribution in [0, 0.1) is 5.92 Å². The van der Waals surface area contributed by atoms with E-state index < -0.39 is 6.10 Å². The van der Waals surface area contributed by atoms with Gasteiger partial charge in [-0.1, -0.05) is 39.0 Å². The molecule has 1 aliphatic carbocycles. The average Bonchev–Trinajstić information content (AvgIpc) is 3.09. The van der Waals surface area contributed by atoms with Crippen LogP contribution < -0.4 is 5.73 Å². The maximum atomic E-state index is 10.2. The van der Waals surface area contributed by atoms with Crippen LogP contribution in [0.5, 0.6) is 0 Å². The van der Waals surface area contributed by atoms with Crippen molar-refractivity contribution in [1.29, 1.82) is 0 Å². The van der Waals surface area contributed by atoms with Gasteiger partial charge in [0.1, 0.15) is 0 Å². The minimum Gasteiger partial charge on any atom is -0.391 e. The van der Waals surface area contributed by atoms with Crippen LogP contribution >= 0.6 is 24.2 Å². The molecule has 108 valence electrons. The summed E-state index contributed by atoms with van der Waals surface area (Å²) in [6.45, 7) is 6.58. The Labute approximate surface area is 126 Å². The van der Waals surface area contributed by atoms with Gasteiger partial charge in [-0.05, 0) is 30.4 Å². The van der Waals surface area contributed by atoms with Gasteiger partial charge in [0.05, 0.1) is 12.1 Å². The topological polar surface area (TPSA) is 46.2 Å². The van der Waals surface area contributed by atoms with Crippen molar-refractivity contribution in [3.8, 4) is 0 Å². The summed E-state index contributed by atoms with van der Waals surface area (Å²) in [5, 5.41) is 10.2. The molecule has 0 spiro atoms. The van der Waals surface area contributed by atoms with Crippen molar-refractivity contribution >= 4 is 24.2 Å². The van der Waals surface area contributed by atoms with Gasteiger partial charge in [0.2, 0.25) is 0 Å². The molecule has 0 radical (unpaired) electrons. The standard InChI is InChI=1S/C15H23NOS.ClH/c1-15(2,3)18-12-7-5-4-6-11(12)13(16)14(17)10-8-9-10;/h4-7,10,13-14,17H,8-9,16H2,1-3H3;1H/t13-,14+;/m1./s1. The molecule has 2 nitrogen and oxygen atoms in total. The number of thioether (sulfide) groups is 1. The molecule has 2 rings (SSSR count). The van der Waals surface area contributed by atoms with E-state index in [0.717, 1.165) is 18.4 Å². The molecule has 0 heterocycles. The van der Waals surface area contributed by atoms with Gasteiger partial charge in [0, 0.05) is 9.64 Å². The van der Waals surface area contributed by atoms with Crippen molar-refractivity contribution in [3.63, 3.8) is 0 Å². The van der Waals surface area contributed by atoms with Crippen LogP contribution in [0.4, 0.5) is 0 Å². The molecule has 1 saturated carbocycles. The number of hydrogen-bond donors (Lipinski definition) is 2. The van der Waals surface area contributed by atoms with Crippen molar-refractivity contribution in [3.05, 3.63) is 29.8 Å². The lowest BCUT2D eigenvalue weighted by atomic mass is 9.99. The summed E-state index contributed by atoms with van der Waals surface area (Å²) in [6.07, 6.45) is 1.83. The Hall–Kier alpha value is -0.220. The first-order valence-corrected chi connectivity index (χ1v) is 7.42. The summed E-state index contributed by atoms with van der Waals surface area (Å²) in [4.78, 5) is 1.19. The van der Waals surface area contributed by atoms with E-state index in [4.69, 9.17) is 5.73 Å². The van der Waals surface area contributed by atoms with Gasteiger partial charge in [0.15, 0.2) is 0 Å². The Balaban J connectivity index is 0.00000180. The van der Waals surface area contributed by atoms with Crippen molar-refractivity contribution in [2.75, 3.05) is 0 Å². The fourth-order valence-electron chi connectivity index (χ4n) is 2.09. The van der Waals surface area contributed by atoms with Crippen LogP contribution in [0.1, 0.15) is 45.2 Å². The second-order valence-electron chi connectivity index (χ2n) is 6.11. The molecule has 0 saturated heterocycles. The number of rotatable bonds is 4. The first kappa shape index (κ1) is 16.8. The normalized spacial score (nSPS) is 18.6. The predicted molar refractivity (Wildman–Crippen MR) is 85.0 cm³/mol. The number of benzene rings is 1. The van der Waals surface area contributed by atoms with Crippen molar-refractivity contribution < 1.29 is 5.11 Å². The first-order valence-electron chi connectivity index (χ1n) is 6.60. The van der Waals surface area contributed by atoms with Crippen LogP contribution in [0.2, 0.25) is 0 Å². The van der Waals surface area contributed by atoms with Crippen molar-refractivity contribution in [1.82, 2.24) is 0 Å². The van der Waals surface area contributed by atoms with E-state index in [1.54, 1.807) is 0 Å². The zero-order valence-corrected chi connectivity index (χ0v) is 13.4. The number of halogens is 1. The first-order chi connectivity index (χ1) is 8.38. The summed E-state index contributed by atoms with van der Waals surface area (Å²) in [7, 11) is 0. The molecule has 1 fully saturated rings. The number of aliphatic hydroxyl groups is 1. The van der Waals surface area contributed by atoms with E-state index in [9.17, 15) is 5.11 Å². The molecular weight excluding hydrogens is 278 g/mol. The number of nitrogens with two attached hydrogens (primary N) is 1. The molecular formula is C15H24ClNOS. The van der Waals surface area contributed by atoms with Crippen LogP contribution in [0.15, 0.2) is 29.2 Å². The minimum atomic E-state index is -0.397. The maximum Gasteiger partial charge on any atom is 0.0761 e. The summed E-state index contributed by atoms with van der Waals surface area (Å²) in [5.41, 5.74) is 7.32. The third kappa shape index (κ3) is 4.67. The molecule has 1 aromatic carbocycles. The van der Waals surface area contributed by atoms with Gasteiger partial charge < -0.3 is 10.8 Å². The molecule has 3 N–H and O–H groups in total. The van der Waals surface area contributed by atoms with Crippen molar-refractivity contribution in [2.24, 2.45) is 11.7 Å². The highest BCUT2D eigenvalue weighted by atomic mass is 35.5. The highest BCUT2D eigenvalue weighted by Crippen LogP contribution is 2.41. The molecule has 2 atom stereocenters. The van der Waals surface area contributed by atoms with E-state index in [2.05, 4.69) is 26.8 Å². The fourth-order valence-corrected chi connectivity index (χ4v) is 3.22. The van der Waals surface area contributed by atoms with E-state index in [0.29, 0.717) is 5.92 Å². The Morgan fingerprint density at radius 1 is 1.26 bits per heavy atom. The van der Waals surface area contributed by atoms with Crippen LogP contribution in [0.3, 0.4) is 0 Å².